The van der Waals surface area contributed by atoms with E-state index >= 15 is 0 Å². The Morgan fingerprint density at radius 2 is 1.83 bits per heavy atom. The van der Waals surface area contributed by atoms with Gasteiger partial charge in [0.1, 0.15) is 5.82 Å². The number of rotatable bonds is 5. The van der Waals surface area contributed by atoms with E-state index in [9.17, 15) is 14.0 Å². The third kappa shape index (κ3) is 5.10. The van der Waals surface area contributed by atoms with Crippen molar-refractivity contribution in [3.63, 3.8) is 0 Å². The monoisotopic (exact) mass is 315 g/mol. The minimum atomic E-state index is -0.413. The van der Waals surface area contributed by atoms with Crippen molar-refractivity contribution in [3.8, 4) is 0 Å². The first-order chi connectivity index (χ1) is 11.1. The maximum Gasteiger partial charge on any atom is 0.319 e. The number of hydrogen-bond acceptors (Lipinski definition) is 2. The summed E-state index contributed by atoms with van der Waals surface area (Å²) < 4.78 is 13.3. The number of urea groups is 1. The van der Waals surface area contributed by atoms with Crippen molar-refractivity contribution in [1.82, 2.24) is 5.32 Å². The zero-order chi connectivity index (χ0) is 16.7. The molecule has 2 aromatic carbocycles. The molecule has 0 fully saturated rings. The van der Waals surface area contributed by atoms with Gasteiger partial charge in [-0.2, -0.15) is 0 Å². The number of nitrogens with zero attached hydrogens (tertiary/aromatic N) is 1. The minimum absolute atomic E-state index is 0.221. The average molecular weight is 315 g/mol. The van der Waals surface area contributed by atoms with Gasteiger partial charge in [0.2, 0.25) is 5.91 Å². The topological polar surface area (TPSA) is 61.4 Å². The zero-order valence-electron chi connectivity index (χ0n) is 12.8. The Morgan fingerprint density at radius 3 is 2.48 bits per heavy atom. The highest BCUT2D eigenvalue weighted by atomic mass is 19.1. The van der Waals surface area contributed by atoms with Crippen LogP contribution in [0.5, 0.6) is 0 Å². The van der Waals surface area contributed by atoms with Gasteiger partial charge in [-0.25, -0.2) is 9.18 Å². The Labute approximate surface area is 134 Å². The van der Waals surface area contributed by atoms with E-state index in [1.807, 2.05) is 18.2 Å². The first-order valence-electron chi connectivity index (χ1n) is 7.20. The van der Waals surface area contributed by atoms with Crippen LogP contribution in [-0.4, -0.2) is 25.0 Å². The van der Waals surface area contributed by atoms with Gasteiger partial charge in [-0.1, -0.05) is 24.3 Å². The fourth-order valence-corrected chi connectivity index (χ4v) is 2.09. The Hall–Kier alpha value is -2.89. The number of para-hydroxylation sites is 1. The summed E-state index contributed by atoms with van der Waals surface area (Å²) in [6, 6.07) is 14.5. The summed E-state index contributed by atoms with van der Waals surface area (Å²) in [6.07, 6.45) is 0. The number of carbonyl (C=O) groups excluding carboxylic acids is 2. The molecule has 2 rings (SSSR count). The van der Waals surface area contributed by atoms with E-state index < -0.39 is 5.82 Å². The van der Waals surface area contributed by atoms with E-state index in [0.29, 0.717) is 11.4 Å². The van der Waals surface area contributed by atoms with E-state index in [0.717, 1.165) is 0 Å². The molecule has 0 heterocycles. The Bertz CT molecular complexity index is 677. The van der Waals surface area contributed by atoms with E-state index in [2.05, 4.69) is 10.6 Å². The lowest BCUT2D eigenvalue weighted by Crippen LogP contribution is -2.39. The van der Waals surface area contributed by atoms with Gasteiger partial charge in [-0.3, -0.25) is 4.79 Å². The maximum atomic E-state index is 13.3. The Kier molecular flexibility index (Phi) is 5.68. The molecule has 0 aliphatic carbocycles. The second-order valence-electron chi connectivity index (χ2n) is 4.90. The Morgan fingerprint density at radius 1 is 1.09 bits per heavy atom. The summed E-state index contributed by atoms with van der Waals surface area (Å²) in [5.41, 5.74) is 1.14. The number of carbonyl (C=O) groups is 2. The molecule has 2 N–H and O–H groups in total. The van der Waals surface area contributed by atoms with Crippen molar-refractivity contribution >= 4 is 23.3 Å². The lowest BCUT2D eigenvalue weighted by molar-refractivity contribution is -0.116. The molecular weight excluding hydrogens is 297 g/mol. The number of amides is 3. The quantitative estimate of drug-likeness (QED) is 0.891. The number of anilines is 2. The molecule has 0 aliphatic heterocycles. The van der Waals surface area contributed by atoms with Crippen molar-refractivity contribution in [1.29, 1.82) is 0 Å². The van der Waals surface area contributed by atoms with Gasteiger partial charge in [-0.15, -0.1) is 0 Å². The largest absolute Gasteiger partial charge is 0.336 e. The highest BCUT2D eigenvalue weighted by molar-refractivity contribution is 5.92. The van der Waals surface area contributed by atoms with Gasteiger partial charge in [-0.05, 0) is 30.3 Å². The molecule has 5 nitrogen and oxygen atoms in total. The van der Waals surface area contributed by atoms with Crippen LogP contribution in [0.2, 0.25) is 0 Å². The second kappa shape index (κ2) is 7.93. The van der Waals surface area contributed by atoms with Crippen LogP contribution in [-0.2, 0) is 4.79 Å². The fraction of sp³-hybridized carbons (Fsp3) is 0.176. The standard InChI is InChI=1S/C17H18FN3O2/c1-13(22)21(16-9-5-6-14(18)12-16)11-10-19-17(23)20-15-7-3-2-4-8-15/h2-9,12H,10-11H2,1H3,(H2,19,20,23). The molecule has 2 aromatic rings. The highest BCUT2D eigenvalue weighted by Gasteiger charge is 2.12. The predicted molar refractivity (Wildman–Crippen MR) is 87.9 cm³/mol. The highest BCUT2D eigenvalue weighted by Crippen LogP contribution is 2.15. The smallest absolute Gasteiger partial charge is 0.319 e. The summed E-state index contributed by atoms with van der Waals surface area (Å²) >= 11 is 0. The summed E-state index contributed by atoms with van der Waals surface area (Å²) in [4.78, 5) is 24.9. The van der Waals surface area contributed by atoms with Crippen molar-refractivity contribution in [3.05, 3.63) is 60.4 Å². The molecule has 0 aromatic heterocycles. The molecule has 0 atom stereocenters. The molecule has 0 spiro atoms. The van der Waals surface area contributed by atoms with Crippen LogP contribution >= 0.6 is 0 Å². The van der Waals surface area contributed by atoms with E-state index in [1.54, 1.807) is 18.2 Å². The third-order valence-corrected chi connectivity index (χ3v) is 3.15. The van der Waals surface area contributed by atoms with Gasteiger partial charge >= 0.3 is 6.03 Å². The number of benzene rings is 2. The molecule has 23 heavy (non-hydrogen) atoms. The van der Waals surface area contributed by atoms with Crippen molar-refractivity contribution in [2.24, 2.45) is 0 Å². The first kappa shape index (κ1) is 16.5. The third-order valence-electron chi connectivity index (χ3n) is 3.15. The number of nitrogens with one attached hydrogen (secondary N) is 2. The molecule has 0 saturated carbocycles. The average Bonchev–Trinajstić information content (AvgIpc) is 2.52. The van der Waals surface area contributed by atoms with Gasteiger partial charge in [0.05, 0.1) is 0 Å². The lowest BCUT2D eigenvalue weighted by atomic mass is 10.2. The molecule has 0 saturated heterocycles. The van der Waals surface area contributed by atoms with Gasteiger partial charge in [0, 0.05) is 31.4 Å². The minimum Gasteiger partial charge on any atom is -0.336 e. The summed E-state index contributed by atoms with van der Waals surface area (Å²) in [5, 5.41) is 5.34. The number of halogens is 1. The van der Waals surface area contributed by atoms with Crippen LogP contribution in [0, 0.1) is 5.82 Å². The van der Waals surface area contributed by atoms with E-state index in [1.165, 1.54) is 30.0 Å². The number of hydrogen-bond donors (Lipinski definition) is 2. The van der Waals surface area contributed by atoms with Crippen LogP contribution in [0.15, 0.2) is 54.6 Å². The predicted octanol–water partition coefficient (Wildman–Crippen LogP) is 3.00. The van der Waals surface area contributed by atoms with Crippen molar-refractivity contribution < 1.29 is 14.0 Å². The van der Waals surface area contributed by atoms with Gasteiger partial charge in [0.15, 0.2) is 0 Å². The normalized spacial score (nSPS) is 10.0. The van der Waals surface area contributed by atoms with Crippen LogP contribution < -0.4 is 15.5 Å². The van der Waals surface area contributed by atoms with Crippen LogP contribution in [0.1, 0.15) is 6.92 Å². The fourth-order valence-electron chi connectivity index (χ4n) is 2.09. The lowest BCUT2D eigenvalue weighted by Gasteiger charge is -2.21. The molecule has 0 aliphatic rings. The molecule has 6 heteroatoms. The summed E-state index contributed by atoms with van der Waals surface area (Å²) in [7, 11) is 0. The van der Waals surface area contributed by atoms with Gasteiger partial charge in [0.25, 0.3) is 0 Å². The Balaban J connectivity index is 1.87. The van der Waals surface area contributed by atoms with Gasteiger partial charge < -0.3 is 15.5 Å². The van der Waals surface area contributed by atoms with E-state index in [4.69, 9.17) is 0 Å². The summed E-state index contributed by atoms with van der Waals surface area (Å²) in [5.74, 6) is -0.635. The van der Waals surface area contributed by atoms with Crippen LogP contribution in [0.25, 0.3) is 0 Å². The van der Waals surface area contributed by atoms with Crippen LogP contribution in [0.4, 0.5) is 20.6 Å². The first-order valence-corrected chi connectivity index (χ1v) is 7.20. The molecule has 0 bridgehead atoms. The van der Waals surface area contributed by atoms with Crippen molar-refractivity contribution in [2.45, 2.75) is 6.92 Å². The summed E-state index contributed by atoms with van der Waals surface area (Å²) in [6.45, 7) is 1.89. The molecule has 3 amide bonds. The molecular formula is C17H18FN3O2. The van der Waals surface area contributed by atoms with Crippen LogP contribution in [0.3, 0.4) is 0 Å². The SMILES string of the molecule is CC(=O)N(CCNC(=O)Nc1ccccc1)c1cccc(F)c1. The maximum absolute atomic E-state index is 13.3. The molecule has 0 radical (unpaired) electrons. The molecule has 0 unspecified atom stereocenters. The van der Waals surface area contributed by atoms with Crippen molar-refractivity contribution in [2.75, 3.05) is 23.3 Å². The second-order valence-corrected chi connectivity index (χ2v) is 4.90. The molecule has 120 valence electrons. The zero-order valence-corrected chi connectivity index (χ0v) is 12.8. The van der Waals surface area contributed by atoms with E-state index in [-0.39, 0.29) is 25.0 Å².